The van der Waals surface area contributed by atoms with Gasteiger partial charge in [0, 0.05) is 11.6 Å². The predicted molar refractivity (Wildman–Crippen MR) is 69.5 cm³/mol. The van der Waals surface area contributed by atoms with Crippen LogP contribution in [0.3, 0.4) is 0 Å². The number of rotatable bonds is 3. The summed E-state index contributed by atoms with van der Waals surface area (Å²) in [5, 5.41) is 11.5. The molecule has 18 heavy (non-hydrogen) atoms. The Morgan fingerprint density at radius 1 is 1.50 bits per heavy atom. The third kappa shape index (κ3) is 2.07. The largest absolute Gasteiger partial charge is 0.494 e. The van der Waals surface area contributed by atoms with Crippen LogP contribution in [0.15, 0.2) is 18.2 Å². The number of halogens is 2. The topological polar surface area (TPSA) is 65.3 Å². The van der Waals surface area contributed by atoms with Gasteiger partial charge in [-0.3, -0.25) is 10.1 Å². The van der Waals surface area contributed by atoms with E-state index in [1.54, 1.807) is 6.07 Å². The van der Waals surface area contributed by atoms with Crippen molar-refractivity contribution in [3.8, 4) is 5.75 Å². The number of non-ortho nitro benzene ring substituents is 1. The molecule has 0 aliphatic heterocycles. The molecule has 7 heteroatoms. The molecule has 0 spiro atoms. The number of aromatic nitrogens is 1. The smallest absolute Gasteiger partial charge is 0.279 e. The van der Waals surface area contributed by atoms with Crippen molar-refractivity contribution >= 4 is 39.8 Å². The summed E-state index contributed by atoms with van der Waals surface area (Å²) < 4.78 is 5.11. The minimum absolute atomic E-state index is 0.0543. The molecule has 0 aliphatic rings. The third-order valence-electron chi connectivity index (χ3n) is 2.51. The second-order valence-electron chi connectivity index (χ2n) is 3.51. The second-order valence-corrected chi connectivity index (χ2v) is 4.14. The van der Waals surface area contributed by atoms with E-state index in [0.717, 1.165) is 0 Å². The monoisotopic (exact) mass is 286 g/mol. The first-order valence-electron chi connectivity index (χ1n) is 4.95. The molecule has 0 N–H and O–H groups in total. The standard InChI is InChI=1S/C11H8Cl2N2O3/c1-18-9-3-2-8(15(16)17)7-4-6(5-12)11(13)14-10(7)9/h2-4H,5H2,1H3. The second kappa shape index (κ2) is 4.96. The maximum absolute atomic E-state index is 11.0. The van der Waals surface area contributed by atoms with Crippen LogP contribution in [0, 0.1) is 10.1 Å². The van der Waals surface area contributed by atoms with Gasteiger partial charge < -0.3 is 4.74 Å². The van der Waals surface area contributed by atoms with Crippen molar-refractivity contribution in [3.63, 3.8) is 0 Å². The molecule has 1 heterocycles. The van der Waals surface area contributed by atoms with Crippen LogP contribution in [0.25, 0.3) is 10.9 Å². The maximum Gasteiger partial charge on any atom is 0.279 e. The van der Waals surface area contributed by atoms with Crippen molar-refractivity contribution in [3.05, 3.63) is 39.0 Å². The summed E-state index contributed by atoms with van der Waals surface area (Å²) in [6.45, 7) is 0. The van der Waals surface area contributed by atoms with Crippen molar-refractivity contribution in [2.45, 2.75) is 5.88 Å². The lowest BCUT2D eigenvalue weighted by atomic mass is 10.1. The van der Waals surface area contributed by atoms with E-state index in [1.165, 1.54) is 19.2 Å². The van der Waals surface area contributed by atoms with E-state index in [0.29, 0.717) is 22.2 Å². The Labute approximate surface area is 112 Å². The van der Waals surface area contributed by atoms with Crippen molar-refractivity contribution in [2.75, 3.05) is 7.11 Å². The molecule has 0 bridgehead atoms. The molecule has 0 radical (unpaired) electrons. The van der Waals surface area contributed by atoms with Gasteiger partial charge in [-0.05, 0) is 12.1 Å². The number of benzene rings is 1. The number of hydrogen-bond acceptors (Lipinski definition) is 4. The Morgan fingerprint density at radius 3 is 2.78 bits per heavy atom. The molecule has 2 rings (SSSR count). The van der Waals surface area contributed by atoms with Crippen LogP contribution in [0.5, 0.6) is 5.75 Å². The highest BCUT2D eigenvalue weighted by atomic mass is 35.5. The van der Waals surface area contributed by atoms with Gasteiger partial charge in [0.1, 0.15) is 16.4 Å². The van der Waals surface area contributed by atoms with E-state index in [2.05, 4.69) is 4.98 Å². The fourth-order valence-corrected chi connectivity index (χ4v) is 2.13. The van der Waals surface area contributed by atoms with Crippen LogP contribution >= 0.6 is 23.2 Å². The first-order chi connectivity index (χ1) is 8.58. The Bertz CT molecular complexity index is 631. The molecule has 0 atom stereocenters. The van der Waals surface area contributed by atoms with E-state index in [4.69, 9.17) is 27.9 Å². The minimum atomic E-state index is -0.477. The van der Waals surface area contributed by atoms with Gasteiger partial charge >= 0.3 is 0 Å². The minimum Gasteiger partial charge on any atom is -0.494 e. The van der Waals surface area contributed by atoms with Crippen LogP contribution in [0.4, 0.5) is 5.69 Å². The number of ether oxygens (including phenoxy) is 1. The van der Waals surface area contributed by atoms with E-state index in [-0.39, 0.29) is 16.7 Å². The SMILES string of the molecule is COc1ccc([N+](=O)[O-])c2cc(CCl)c(Cl)nc12. The average molecular weight is 287 g/mol. The first-order valence-corrected chi connectivity index (χ1v) is 5.86. The molecule has 5 nitrogen and oxygen atoms in total. The summed E-state index contributed by atoms with van der Waals surface area (Å²) in [4.78, 5) is 14.6. The van der Waals surface area contributed by atoms with Crippen molar-refractivity contribution in [1.29, 1.82) is 0 Å². The number of fused-ring (bicyclic) bond motifs is 1. The van der Waals surface area contributed by atoms with Crippen LogP contribution in [-0.4, -0.2) is 17.0 Å². The summed E-state index contributed by atoms with van der Waals surface area (Å²) in [6, 6.07) is 4.43. The van der Waals surface area contributed by atoms with Gasteiger partial charge in [-0.2, -0.15) is 0 Å². The number of hydrogen-bond donors (Lipinski definition) is 0. The summed E-state index contributed by atoms with van der Waals surface area (Å²) in [5.41, 5.74) is 0.842. The number of alkyl halides is 1. The Morgan fingerprint density at radius 2 is 2.22 bits per heavy atom. The molecular formula is C11H8Cl2N2O3. The maximum atomic E-state index is 11.0. The lowest BCUT2D eigenvalue weighted by molar-refractivity contribution is -0.383. The Hall–Kier alpha value is -1.59. The van der Waals surface area contributed by atoms with Gasteiger partial charge in [0.25, 0.3) is 5.69 Å². The average Bonchev–Trinajstić information content (AvgIpc) is 2.36. The normalized spacial score (nSPS) is 10.6. The molecular weight excluding hydrogens is 279 g/mol. The van der Waals surface area contributed by atoms with E-state index >= 15 is 0 Å². The third-order valence-corrected chi connectivity index (χ3v) is 3.13. The van der Waals surface area contributed by atoms with Crippen LogP contribution < -0.4 is 4.74 Å². The Balaban J connectivity index is 2.87. The van der Waals surface area contributed by atoms with Gasteiger partial charge in [-0.1, -0.05) is 11.6 Å². The van der Waals surface area contributed by atoms with Gasteiger partial charge in [-0.15, -0.1) is 11.6 Å². The van der Waals surface area contributed by atoms with Gasteiger partial charge in [0.05, 0.1) is 23.3 Å². The number of nitro benzene ring substituents is 1. The lowest BCUT2D eigenvalue weighted by Crippen LogP contribution is -1.96. The number of methoxy groups -OCH3 is 1. The summed E-state index contributed by atoms with van der Waals surface area (Å²) in [6.07, 6.45) is 0. The van der Waals surface area contributed by atoms with E-state index in [1.807, 2.05) is 0 Å². The molecule has 0 fully saturated rings. The summed E-state index contributed by atoms with van der Waals surface area (Å²) in [5.74, 6) is 0.564. The van der Waals surface area contributed by atoms with Crippen molar-refractivity contribution < 1.29 is 9.66 Å². The number of nitrogens with zero attached hydrogens (tertiary/aromatic N) is 2. The van der Waals surface area contributed by atoms with Crippen LogP contribution in [0.2, 0.25) is 5.15 Å². The molecule has 1 aromatic carbocycles. The van der Waals surface area contributed by atoms with Gasteiger partial charge in [0.2, 0.25) is 0 Å². The first kappa shape index (κ1) is 12.9. The van der Waals surface area contributed by atoms with E-state index < -0.39 is 4.92 Å². The molecule has 0 amide bonds. The lowest BCUT2D eigenvalue weighted by Gasteiger charge is -2.07. The van der Waals surface area contributed by atoms with Crippen molar-refractivity contribution in [1.82, 2.24) is 4.98 Å². The van der Waals surface area contributed by atoms with Gasteiger partial charge in [-0.25, -0.2) is 4.98 Å². The summed E-state index contributed by atoms with van der Waals surface area (Å²) in [7, 11) is 1.46. The van der Waals surface area contributed by atoms with Crippen LogP contribution in [0.1, 0.15) is 5.56 Å². The zero-order valence-corrected chi connectivity index (χ0v) is 10.8. The molecule has 0 unspecified atom stereocenters. The number of pyridine rings is 1. The van der Waals surface area contributed by atoms with E-state index in [9.17, 15) is 10.1 Å². The highest BCUT2D eigenvalue weighted by Gasteiger charge is 2.18. The molecule has 0 saturated heterocycles. The molecule has 94 valence electrons. The highest BCUT2D eigenvalue weighted by molar-refractivity contribution is 6.31. The molecule has 1 aromatic heterocycles. The van der Waals surface area contributed by atoms with Gasteiger partial charge in [0.15, 0.2) is 0 Å². The van der Waals surface area contributed by atoms with Crippen molar-refractivity contribution in [2.24, 2.45) is 0 Å². The molecule has 0 saturated carbocycles. The Kier molecular flexibility index (Phi) is 3.54. The fourth-order valence-electron chi connectivity index (χ4n) is 1.66. The van der Waals surface area contributed by atoms with Crippen LogP contribution in [-0.2, 0) is 5.88 Å². The fraction of sp³-hybridized carbons (Fsp3) is 0.182. The molecule has 0 aliphatic carbocycles. The zero-order chi connectivity index (χ0) is 13.3. The zero-order valence-electron chi connectivity index (χ0n) is 9.31. The quantitative estimate of drug-likeness (QED) is 0.375. The number of nitro groups is 1. The predicted octanol–water partition coefficient (Wildman–Crippen LogP) is 3.54. The summed E-state index contributed by atoms with van der Waals surface area (Å²) >= 11 is 11.7. The molecule has 2 aromatic rings. The highest BCUT2D eigenvalue weighted by Crippen LogP contribution is 2.34.